The number of aromatic hydroxyl groups is 1. The molecular formula is C22H23NO6. The number of rotatable bonds is 7. The zero-order valence-corrected chi connectivity index (χ0v) is 16.6. The Labute approximate surface area is 167 Å². The molecule has 0 fully saturated rings. The highest BCUT2D eigenvalue weighted by Gasteiger charge is 2.14. The largest absolute Gasteiger partial charge is 0.508 e. The van der Waals surface area contributed by atoms with Gasteiger partial charge < -0.3 is 24.3 Å². The summed E-state index contributed by atoms with van der Waals surface area (Å²) in [5, 5.41) is 13.1. The Morgan fingerprint density at radius 3 is 2.66 bits per heavy atom. The van der Waals surface area contributed by atoms with Crippen LogP contribution < -0.4 is 20.4 Å². The number of carbonyl (C=O) groups is 1. The highest BCUT2D eigenvalue weighted by molar-refractivity contribution is 5.82. The molecule has 0 spiro atoms. The van der Waals surface area contributed by atoms with Gasteiger partial charge in [-0.05, 0) is 43.2 Å². The number of phenolic OH excluding ortho intramolecular Hbond substituents is 1. The van der Waals surface area contributed by atoms with E-state index >= 15 is 0 Å². The Bertz CT molecular complexity index is 1100. The maximum atomic E-state index is 12.3. The molecule has 0 aliphatic rings. The number of fused-ring (bicyclic) bond motifs is 1. The smallest absolute Gasteiger partial charge is 0.339 e. The topological polar surface area (TPSA) is 98.0 Å². The first kappa shape index (κ1) is 20.3. The number of nitrogens with one attached hydrogen (secondary N) is 1. The van der Waals surface area contributed by atoms with Gasteiger partial charge in [0.2, 0.25) is 5.91 Å². The molecule has 0 atom stereocenters. The van der Waals surface area contributed by atoms with E-state index in [4.69, 9.17) is 13.9 Å². The predicted molar refractivity (Wildman–Crippen MR) is 109 cm³/mol. The molecule has 1 aromatic heterocycles. The summed E-state index contributed by atoms with van der Waals surface area (Å²) in [4.78, 5) is 24.6. The molecule has 1 heterocycles. The molecule has 1 amide bonds. The molecule has 7 nitrogen and oxygen atoms in total. The second kappa shape index (κ2) is 8.68. The Morgan fingerprint density at radius 2 is 1.93 bits per heavy atom. The van der Waals surface area contributed by atoms with Gasteiger partial charge in [-0.2, -0.15) is 0 Å². The first-order valence-electron chi connectivity index (χ1n) is 9.16. The maximum absolute atomic E-state index is 12.3. The molecule has 7 heteroatoms. The van der Waals surface area contributed by atoms with Crippen molar-refractivity contribution in [2.75, 3.05) is 14.2 Å². The number of aryl methyl sites for hydroxylation is 1. The van der Waals surface area contributed by atoms with E-state index in [1.807, 2.05) is 13.0 Å². The van der Waals surface area contributed by atoms with Gasteiger partial charge in [0.25, 0.3) is 0 Å². The van der Waals surface area contributed by atoms with E-state index in [1.54, 1.807) is 32.4 Å². The van der Waals surface area contributed by atoms with E-state index < -0.39 is 5.63 Å². The quantitative estimate of drug-likeness (QED) is 0.595. The van der Waals surface area contributed by atoms with Crippen LogP contribution in [0.25, 0.3) is 11.0 Å². The third kappa shape index (κ3) is 4.51. The zero-order chi connectivity index (χ0) is 21.0. The highest BCUT2D eigenvalue weighted by Crippen LogP contribution is 2.25. The molecular weight excluding hydrogens is 374 g/mol. The van der Waals surface area contributed by atoms with Crippen molar-refractivity contribution < 1.29 is 23.8 Å². The molecule has 0 saturated heterocycles. The van der Waals surface area contributed by atoms with Crippen LogP contribution in [-0.2, 0) is 17.8 Å². The maximum Gasteiger partial charge on any atom is 0.339 e. The van der Waals surface area contributed by atoms with E-state index in [0.717, 1.165) is 16.5 Å². The summed E-state index contributed by atoms with van der Waals surface area (Å²) in [7, 11) is 3.13. The van der Waals surface area contributed by atoms with Crippen LogP contribution in [0.1, 0.15) is 23.1 Å². The molecule has 2 aromatic carbocycles. The van der Waals surface area contributed by atoms with Gasteiger partial charge in [0.05, 0.1) is 14.2 Å². The third-order valence-electron chi connectivity index (χ3n) is 4.84. The van der Waals surface area contributed by atoms with Gasteiger partial charge in [-0.25, -0.2) is 4.79 Å². The van der Waals surface area contributed by atoms with Crippen molar-refractivity contribution in [1.82, 2.24) is 5.32 Å². The van der Waals surface area contributed by atoms with E-state index in [0.29, 0.717) is 29.2 Å². The summed E-state index contributed by atoms with van der Waals surface area (Å²) in [6.45, 7) is 2.11. The fourth-order valence-corrected chi connectivity index (χ4v) is 3.19. The first-order chi connectivity index (χ1) is 13.9. The van der Waals surface area contributed by atoms with Crippen molar-refractivity contribution in [3.05, 3.63) is 63.5 Å². The Kier molecular flexibility index (Phi) is 6.07. The van der Waals surface area contributed by atoms with Crippen molar-refractivity contribution in [1.29, 1.82) is 0 Å². The molecule has 0 aliphatic heterocycles. The summed E-state index contributed by atoms with van der Waals surface area (Å²) in [5.41, 5.74) is 1.86. The molecule has 0 radical (unpaired) electrons. The van der Waals surface area contributed by atoms with Crippen LogP contribution in [0.5, 0.6) is 17.2 Å². The minimum absolute atomic E-state index is 0.0288. The Balaban J connectivity index is 1.67. The van der Waals surface area contributed by atoms with Gasteiger partial charge in [-0.15, -0.1) is 0 Å². The van der Waals surface area contributed by atoms with Crippen molar-refractivity contribution >= 4 is 16.9 Å². The highest BCUT2D eigenvalue weighted by atomic mass is 16.5. The van der Waals surface area contributed by atoms with Gasteiger partial charge in [0.1, 0.15) is 22.8 Å². The number of amides is 1. The van der Waals surface area contributed by atoms with Gasteiger partial charge in [0.15, 0.2) is 0 Å². The standard InChI is InChI=1S/C22H23NO6/c1-13-17-7-5-15(24)10-20(17)29-22(26)18(13)8-9-21(25)23-12-14-4-6-16(27-2)11-19(14)28-3/h4-7,10-11,24H,8-9,12H2,1-3H3,(H,23,25). The fourth-order valence-electron chi connectivity index (χ4n) is 3.19. The van der Waals surface area contributed by atoms with Crippen molar-refractivity contribution in [3.63, 3.8) is 0 Å². The normalized spacial score (nSPS) is 10.7. The number of carbonyl (C=O) groups excluding carboxylic acids is 1. The molecule has 2 N–H and O–H groups in total. The SMILES string of the molecule is COc1ccc(CNC(=O)CCc2c(C)c3ccc(O)cc3oc2=O)c(OC)c1. The lowest BCUT2D eigenvalue weighted by molar-refractivity contribution is -0.121. The first-order valence-corrected chi connectivity index (χ1v) is 9.16. The monoisotopic (exact) mass is 397 g/mol. The molecule has 3 aromatic rings. The van der Waals surface area contributed by atoms with Gasteiger partial charge in [0, 0.05) is 41.6 Å². The van der Waals surface area contributed by atoms with Crippen LogP contribution in [0.4, 0.5) is 0 Å². The second-order valence-corrected chi connectivity index (χ2v) is 6.63. The van der Waals surface area contributed by atoms with Crippen LogP contribution in [0.2, 0.25) is 0 Å². The summed E-state index contributed by atoms with van der Waals surface area (Å²) in [5.74, 6) is 1.14. The fraction of sp³-hybridized carbons (Fsp3) is 0.273. The number of benzene rings is 2. The van der Waals surface area contributed by atoms with E-state index in [9.17, 15) is 14.7 Å². The molecule has 3 rings (SSSR count). The Morgan fingerprint density at radius 1 is 1.14 bits per heavy atom. The summed E-state index contributed by atoms with van der Waals surface area (Å²) in [6, 6.07) is 10.0. The van der Waals surface area contributed by atoms with Crippen LogP contribution in [0.3, 0.4) is 0 Å². The molecule has 29 heavy (non-hydrogen) atoms. The second-order valence-electron chi connectivity index (χ2n) is 6.63. The average molecular weight is 397 g/mol. The molecule has 0 bridgehead atoms. The summed E-state index contributed by atoms with van der Waals surface area (Å²) in [6.07, 6.45) is 0.407. The molecule has 152 valence electrons. The van der Waals surface area contributed by atoms with Crippen LogP contribution in [-0.4, -0.2) is 25.2 Å². The van der Waals surface area contributed by atoms with Crippen molar-refractivity contribution in [2.24, 2.45) is 0 Å². The van der Waals surface area contributed by atoms with E-state index in [1.165, 1.54) is 12.1 Å². The lowest BCUT2D eigenvalue weighted by Gasteiger charge is -2.12. The zero-order valence-electron chi connectivity index (χ0n) is 16.6. The van der Waals surface area contributed by atoms with Gasteiger partial charge in [-0.1, -0.05) is 0 Å². The summed E-state index contributed by atoms with van der Waals surface area (Å²) < 4.78 is 15.8. The van der Waals surface area contributed by atoms with Crippen LogP contribution in [0, 0.1) is 6.92 Å². The number of phenols is 1. The van der Waals surface area contributed by atoms with E-state index in [-0.39, 0.29) is 24.5 Å². The molecule has 0 aliphatic carbocycles. The van der Waals surface area contributed by atoms with Crippen molar-refractivity contribution in [3.8, 4) is 17.2 Å². The lowest BCUT2D eigenvalue weighted by atomic mass is 10.0. The minimum atomic E-state index is -0.495. The lowest BCUT2D eigenvalue weighted by Crippen LogP contribution is -2.24. The number of ether oxygens (including phenoxy) is 2. The van der Waals surface area contributed by atoms with Crippen LogP contribution >= 0.6 is 0 Å². The Hall–Kier alpha value is -3.48. The van der Waals surface area contributed by atoms with E-state index in [2.05, 4.69) is 5.32 Å². The number of hydrogen-bond donors (Lipinski definition) is 2. The minimum Gasteiger partial charge on any atom is -0.508 e. The van der Waals surface area contributed by atoms with Gasteiger partial charge in [-0.3, -0.25) is 4.79 Å². The number of methoxy groups -OCH3 is 2. The summed E-state index contributed by atoms with van der Waals surface area (Å²) >= 11 is 0. The molecule has 0 unspecified atom stereocenters. The average Bonchev–Trinajstić information content (AvgIpc) is 2.71. The predicted octanol–water partition coefficient (Wildman–Crippen LogP) is 3.07. The van der Waals surface area contributed by atoms with Crippen LogP contribution in [0.15, 0.2) is 45.6 Å². The number of hydrogen-bond acceptors (Lipinski definition) is 6. The molecule has 0 saturated carbocycles. The van der Waals surface area contributed by atoms with Gasteiger partial charge >= 0.3 is 5.63 Å². The third-order valence-corrected chi connectivity index (χ3v) is 4.84. The van der Waals surface area contributed by atoms with Crippen molar-refractivity contribution in [2.45, 2.75) is 26.3 Å².